The van der Waals surface area contributed by atoms with Gasteiger partial charge in [-0.15, -0.1) is 0 Å². The summed E-state index contributed by atoms with van der Waals surface area (Å²) in [6.45, 7) is 1.70. The highest BCUT2D eigenvalue weighted by molar-refractivity contribution is 7.88. The Labute approximate surface area is 256 Å². The summed E-state index contributed by atoms with van der Waals surface area (Å²) < 4.78 is 29.0. The Hall–Kier alpha value is -2.98. The van der Waals surface area contributed by atoms with Crippen molar-refractivity contribution >= 4 is 45.1 Å². The van der Waals surface area contributed by atoms with E-state index in [2.05, 4.69) is 9.71 Å². The third kappa shape index (κ3) is 6.97. The molecule has 5 rings (SSSR count). The number of hydrogen-bond acceptors (Lipinski definition) is 5. The summed E-state index contributed by atoms with van der Waals surface area (Å²) in [5.74, 6) is -1.91. The van der Waals surface area contributed by atoms with Crippen molar-refractivity contribution in [1.82, 2.24) is 14.6 Å². The molecule has 2 aromatic carbocycles. The van der Waals surface area contributed by atoms with Gasteiger partial charge in [0.15, 0.2) is 0 Å². The average molecular weight is 631 g/mol. The van der Waals surface area contributed by atoms with Gasteiger partial charge in [0.05, 0.1) is 23.6 Å². The van der Waals surface area contributed by atoms with Gasteiger partial charge in [-0.25, -0.2) is 13.1 Å². The molecule has 8 nitrogen and oxygen atoms in total. The van der Waals surface area contributed by atoms with E-state index in [0.29, 0.717) is 15.7 Å². The van der Waals surface area contributed by atoms with Crippen LogP contribution in [-0.4, -0.2) is 47.9 Å². The molecule has 1 aromatic heterocycles. The number of nitrogens with one attached hydrogen (secondary N) is 1. The summed E-state index contributed by atoms with van der Waals surface area (Å²) in [6, 6.07) is 18.8. The van der Waals surface area contributed by atoms with E-state index in [1.807, 2.05) is 30.3 Å². The average Bonchev–Trinajstić information content (AvgIpc) is 3.77. The van der Waals surface area contributed by atoms with Crippen LogP contribution in [0.4, 0.5) is 0 Å². The van der Waals surface area contributed by atoms with Crippen LogP contribution in [-0.2, 0) is 25.4 Å². The smallest absolute Gasteiger partial charge is 0.304 e. The predicted molar refractivity (Wildman–Crippen MR) is 162 cm³/mol. The molecule has 4 atom stereocenters. The molecule has 2 fully saturated rings. The first-order valence-electron chi connectivity index (χ1n) is 13.9. The number of aromatic nitrogens is 1. The Bertz CT molecular complexity index is 1550. The third-order valence-corrected chi connectivity index (χ3v) is 10.0. The Morgan fingerprint density at radius 3 is 2.43 bits per heavy atom. The number of likely N-dealkylation sites (tertiary alicyclic amines) is 1. The number of benzene rings is 2. The Morgan fingerprint density at radius 1 is 1.07 bits per heavy atom. The lowest BCUT2D eigenvalue weighted by Crippen LogP contribution is -2.59. The molecule has 1 aliphatic carbocycles. The first-order valence-corrected chi connectivity index (χ1v) is 16.3. The van der Waals surface area contributed by atoms with E-state index in [-0.39, 0.29) is 42.9 Å². The fraction of sp³-hybridized carbons (Fsp3) is 0.387. The van der Waals surface area contributed by atoms with Crippen LogP contribution in [0.1, 0.15) is 61.4 Å². The van der Waals surface area contributed by atoms with Crippen molar-refractivity contribution in [1.29, 1.82) is 0 Å². The van der Waals surface area contributed by atoms with Crippen molar-refractivity contribution in [2.75, 3.05) is 6.54 Å². The van der Waals surface area contributed by atoms with E-state index in [0.717, 1.165) is 24.0 Å². The minimum Gasteiger partial charge on any atom is -0.481 e. The van der Waals surface area contributed by atoms with E-state index in [9.17, 15) is 23.1 Å². The van der Waals surface area contributed by atoms with Crippen molar-refractivity contribution in [2.45, 2.75) is 56.4 Å². The number of amides is 1. The molecule has 222 valence electrons. The quantitative estimate of drug-likeness (QED) is 0.276. The standard InChI is InChI=1S/C31H33Cl2N3O5S/c1-31(17-28(37)38)16-26(22-5-4-6-24(33)15-22)29(21-10-12-23(32)13-11-21)36(30(31)39)27(20-8-9-20)18-35-42(40,41)19-25-7-2-3-14-34-25/h2-7,10-15,20,26-27,29,35H,8-9,16-19H2,1H3,(H,37,38)/t26-,27?,29?,31-/m1/s1. The second-order valence-corrected chi connectivity index (χ2v) is 14.2. The lowest BCUT2D eigenvalue weighted by atomic mass is 9.67. The Kier molecular flexibility index (Phi) is 8.94. The molecule has 1 amide bonds. The van der Waals surface area contributed by atoms with Gasteiger partial charge in [-0.2, -0.15) is 0 Å². The lowest BCUT2D eigenvalue weighted by molar-refractivity contribution is -0.161. The minimum atomic E-state index is -3.78. The maximum Gasteiger partial charge on any atom is 0.304 e. The van der Waals surface area contributed by atoms with Gasteiger partial charge in [-0.05, 0) is 72.7 Å². The highest BCUT2D eigenvalue weighted by Crippen LogP contribution is 2.54. The highest BCUT2D eigenvalue weighted by atomic mass is 35.5. The Morgan fingerprint density at radius 2 is 1.81 bits per heavy atom. The van der Waals surface area contributed by atoms with Gasteiger partial charge in [0.1, 0.15) is 5.75 Å². The van der Waals surface area contributed by atoms with Crippen LogP contribution in [0.25, 0.3) is 0 Å². The van der Waals surface area contributed by atoms with Crippen molar-refractivity contribution < 1.29 is 23.1 Å². The van der Waals surface area contributed by atoms with Gasteiger partial charge in [0, 0.05) is 34.7 Å². The second-order valence-electron chi connectivity index (χ2n) is 11.5. The number of aliphatic carboxylic acids is 1. The van der Waals surface area contributed by atoms with Crippen LogP contribution in [0, 0.1) is 11.3 Å². The van der Waals surface area contributed by atoms with Crippen LogP contribution < -0.4 is 4.72 Å². The van der Waals surface area contributed by atoms with E-state index < -0.39 is 33.5 Å². The number of carbonyl (C=O) groups is 2. The Balaban J connectivity index is 1.58. The summed E-state index contributed by atoms with van der Waals surface area (Å²) in [5, 5.41) is 10.9. The number of carbonyl (C=O) groups excluding carboxylic acids is 1. The third-order valence-electron chi connectivity index (χ3n) is 8.23. The lowest BCUT2D eigenvalue weighted by Gasteiger charge is -2.52. The van der Waals surface area contributed by atoms with E-state index >= 15 is 0 Å². The molecule has 2 aliphatic rings. The van der Waals surface area contributed by atoms with Crippen molar-refractivity contribution in [3.05, 3.63) is 99.8 Å². The maximum atomic E-state index is 14.5. The summed E-state index contributed by atoms with van der Waals surface area (Å²) in [5.41, 5.74) is 0.900. The number of carboxylic acid groups (broad SMARTS) is 1. The fourth-order valence-electron chi connectivity index (χ4n) is 6.16. The molecule has 2 unspecified atom stereocenters. The number of sulfonamides is 1. The van der Waals surface area contributed by atoms with Crippen LogP contribution >= 0.6 is 23.2 Å². The van der Waals surface area contributed by atoms with Gasteiger partial charge < -0.3 is 10.0 Å². The first kappa shape index (κ1) is 30.5. The molecule has 11 heteroatoms. The number of halogens is 2. The fourth-order valence-corrected chi connectivity index (χ4v) is 7.57. The number of pyridine rings is 1. The monoisotopic (exact) mass is 629 g/mol. The molecular formula is C31H33Cl2N3O5S. The molecule has 3 aromatic rings. The summed E-state index contributed by atoms with van der Waals surface area (Å²) in [4.78, 5) is 32.4. The number of piperidine rings is 1. The summed E-state index contributed by atoms with van der Waals surface area (Å²) in [7, 11) is -3.78. The van der Waals surface area contributed by atoms with E-state index in [1.165, 1.54) is 0 Å². The topological polar surface area (TPSA) is 117 Å². The minimum absolute atomic E-state index is 0.00107. The molecule has 2 heterocycles. The van der Waals surface area contributed by atoms with Gasteiger partial charge in [-0.3, -0.25) is 14.6 Å². The molecule has 1 saturated heterocycles. The SMILES string of the molecule is C[C@]1(CC(=O)O)C[C@H](c2cccc(Cl)c2)C(c2ccc(Cl)cc2)N(C(CNS(=O)(=O)Cc2ccccn2)C2CC2)C1=O. The van der Waals surface area contributed by atoms with Crippen LogP contribution in [0.3, 0.4) is 0 Å². The normalized spacial score (nSPS) is 23.5. The number of rotatable bonds is 11. The molecule has 0 bridgehead atoms. The van der Waals surface area contributed by atoms with Gasteiger partial charge in [-0.1, -0.05) is 60.5 Å². The first-order chi connectivity index (χ1) is 20.0. The van der Waals surface area contributed by atoms with Crippen LogP contribution in [0.15, 0.2) is 72.9 Å². The summed E-state index contributed by atoms with van der Waals surface area (Å²) >= 11 is 12.7. The zero-order valence-corrected chi connectivity index (χ0v) is 25.4. The molecule has 0 radical (unpaired) electrons. The largest absolute Gasteiger partial charge is 0.481 e. The molecule has 42 heavy (non-hydrogen) atoms. The zero-order valence-electron chi connectivity index (χ0n) is 23.1. The molecule has 1 saturated carbocycles. The summed E-state index contributed by atoms with van der Waals surface area (Å²) in [6.07, 6.45) is 3.14. The van der Waals surface area contributed by atoms with Crippen LogP contribution in [0.2, 0.25) is 10.0 Å². The van der Waals surface area contributed by atoms with Crippen molar-refractivity contribution in [3.63, 3.8) is 0 Å². The van der Waals surface area contributed by atoms with Crippen molar-refractivity contribution in [3.8, 4) is 0 Å². The zero-order chi connectivity index (χ0) is 30.1. The molecular weight excluding hydrogens is 597 g/mol. The molecule has 1 aliphatic heterocycles. The van der Waals surface area contributed by atoms with E-state index in [1.54, 1.807) is 54.4 Å². The molecule has 2 N–H and O–H groups in total. The highest BCUT2D eigenvalue weighted by Gasteiger charge is 2.54. The maximum absolute atomic E-state index is 14.5. The second kappa shape index (κ2) is 12.3. The number of nitrogens with zero attached hydrogens (tertiary/aromatic N) is 2. The van der Waals surface area contributed by atoms with E-state index in [4.69, 9.17) is 23.2 Å². The number of carboxylic acids is 1. The van der Waals surface area contributed by atoms with Crippen molar-refractivity contribution in [2.24, 2.45) is 11.3 Å². The predicted octanol–water partition coefficient (Wildman–Crippen LogP) is 5.82. The van der Waals surface area contributed by atoms with Gasteiger partial charge >= 0.3 is 5.97 Å². The van der Waals surface area contributed by atoms with Gasteiger partial charge in [0.2, 0.25) is 15.9 Å². The van der Waals surface area contributed by atoms with Gasteiger partial charge in [0.25, 0.3) is 0 Å². The van der Waals surface area contributed by atoms with Crippen LogP contribution in [0.5, 0.6) is 0 Å². The molecule has 0 spiro atoms. The number of hydrogen-bond donors (Lipinski definition) is 2.